The molecule has 0 aromatic heterocycles. The monoisotopic (exact) mass is 947 g/mol. The summed E-state index contributed by atoms with van der Waals surface area (Å²) in [6.45, 7) is 13.8. The van der Waals surface area contributed by atoms with Crippen molar-refractivity contribution in [2.75, 3.05) is 13.2 Å². The Kier molecular flexibility index (Phi) is 51.0. The average Bonchev–Trinajstić information content (AvgIpc) is 3.29. The van der Waals surface area contributed by atoms with E-state index in [4.69, 9.17) is 14.2 Å². The first-order chi connectivity index (χ1) is 32.6. The van der Waals surface area contributed by atoms with Crippen LogP contribution in [-0.4, -0.2) is 37.2 Å². The van der Waals surface area contributed by atoms with Gasteiger partial charge in [-0.1, -0.05) is 298 Å². The zero-order valence-corrected chi connectivity index (χ0v) is 46.2. The Bertz CT molecular complexity index is 1040. The molecule has 1 atom stereocenters. The van der Waals surface area contributed by atoms with E-state index < -0.39 is 6.10 Å². The van der Waals surface area contributed by atoms with Gasteiger partial charge in [-0.15, -0.1) is 0 Å². The summed E-state index contributed by atoms with van der Waals surface area (Å²) in [6, 6.07) is 0. The van der Waals surface area contributed by atoms with Crippen molar-refractivity contribution in [3.63, 3.8) is 0 Å². The number of hydrogen-bond donors (Lipinski definition) is 0. The largest absolute Gasteiger partial charge is 0.462 e. The smallest absolute Gasteiger partial charge is 0.306 e. The van der Waals surface area contributed by atoms with Crippen LogP contribution in [-0.2, 0) is 28.6 Å². The maximum atomic E-state index is 12.9. The predicted octanol–water partition coefficient (Wildman–Crippen LogP) is 19.9. The van der Waals surface area contributed by atoms with Gasteiger partial charge in [-0.05, 0) is 37.0 Å². The van der Waals surface area contributed by atoms with E-state index in [9.17, 15) is 14.4 Å². The van der Waals surface area contributed by atoms with Gasteiger partial charge in [-0.2, -0.15) is 0 Å². The van der Waals surface area contributed by atoms with Crippen molar-refractivity contribution in [2.45, 2.75) is 343 Å². The van der Waals surface area contributed by atoms with E-state index in [1.165, 1.54) is 218 Å². The lowest BCUT2D eigenvalue weighted by atomic mass is 10.0. The lowest BCUT2D eigenvalue weighted by Crippen LogP contribution is -2.30. The highest BCUT2D eigenvalue weighted by atomic mass is 16.6. The van der Waals surface area contributed by atoms with Crippen LogP contribution < -0.4 is 0 Å². The molecule has 0 fully saturated rings. The first-order valence-electron chi connectivity index (χ1n) is 30.1. The first-order valence-corrected chi connectivity index (χ1v) is 30.1. The van der Waals surface area contributed by atoms with Crippen molar-refractivity contribution in [2.24, 2.45) is 17.8 Å². The Hall–Kier alpha value is -1.59. The predicted molar refractivity (Wildman–Crippen MR) is 289 cm³/mol. The summed E-state index contributed by atoms with van der Waals surface area (Å²) >= 11 is 0. The van der Waals surface area contributed by atoms with Gasteiger partial charge in [0, 0.05) is 19.3 Å². The molecule has 0 aliphatic heterocycles. The van der Waals surface area contributed by atoms with Crippen LogP contribution in [0.4, 0.5) is 0 Å². The lowest BCUT2D eigenvalue weighted by molar-refractivity contribution is -0.167. The van der Waals surface area contributed by atoms with Gasteiger partial charge in [0.15, 0.2) is 6.10 Å². The van der Waals surface area contributed by atoms with Gasteiger partial charge in [-0.3, -0.25) is 14.4 Å². The van der Waals surface area contributed by atoms with Gasteiger partial charge in [0.05, 0.1) is 0 Å². The second-order valence-electron chi connectivity index (χ2n) is 22.4. The molecule has 0 saturated heterocycles. The zero-order chi connectivity index (χ0) is 49.1. The fourth-order valence-corrected chi connectivity index (χ4v) is 9.35. The van der Waals surface area contributed by atoms with Crippen molar-refractivity contribution in [1.82, 2.24) is 0 Å². The molecule has 6 nitrogen and oxygen atoms in total. The normalized spacial score (nSPS) is 12.1. The van der Waals surface area contributed by atoms with Gasteiger partial charge in [0.1, 0.15) is 13.2 Å². The maximum Gasteiger partial charge on any atom is 0.306 e. The van der Waals surface area contributed by atoms with Gasteiger partial charge in [-0.25, -0.2) is 0 Å². The van der Waals surface area contributed by atoms with Crippen LogP contribution in [0.25, 0.3) is 0 Å². The Morgan fingerprint density at radius 1 is 0.254 bits per heavy atom. The fraction of sp³-hybridized carbons (Fsp3) is 0.951. The Morgan fingerprint density at radius 2 is 0.433 bits per heavy atom. The van der Waals surface area contributed by atoms with E-state index in [0.29, 0.717) is 19.3 Å². The molecule has 6 heteroatoms. The summed E-state index contributed by atoms with van der Waals surface area (Å²) in [7, 11) is 0. The molecule has 0 aliphatic rings. The molecule has 0 N–H and O–H groups in total. The van der Waals surface area contributed by atoms with E-state index >= 15 is 0 Å². The van der Waals surface area contributed by atoms with Crippen molar-refractivity contribution in [3.8, 4) is 0 Å². The molecule has 0 aliphatic carbocycles. The van der Waals surface area contributed by atoms with Crippen LogP contribution in [0.3, 0.4) is 0 Å². The third-order valence-electron chi connectivity index (χ3n) is 13.9. The molecule has 0 unspecified atom stereocenters. The Balaban J connectivity index is 4.25. The molecule has 0 spiro atoms. The summed E-state index contributed by atoms with van der Waals surface area (Å²) in [5.74, 6) is 1.67. The third-order valence-corrected chi connectivity index (χ3v) is 13.9. The van der Waals surface area contributed by atoms with Gasteiger partial charge >= 0.3 is 17.9 Å². The summed E-state index contributed by atoms with van der Waals surface area (Å²) in [6.07, 6.45) is 55.3. The molecule has 0 saturated carbocycles. The highest BCUT2D eigenvalue weighted by molar-refractivity contribution is 5.71. The van der Waals surface area contributed by atoms with Crippen LogP contribution in [0.15, 0.2) is 0 Å². The molecule has 0 aromatic carbocycles. The number of ether oxygens (including phenoxy) is 3. The fourth-order valence-electron chi connectivity index (χ4n) is 9.35. The Morgan fingerprint density at radius 3 is 0.642 bits per heavy atom. The minimum Gasteiger partial charge on any atom is -0.462 e. The molecule has 67 heavy (non-hydrogen) atoms. The number of carbonyl (C=O) groups is 3. The molecule has 0 amide bonds. The molecule has 0 heterocycles. The van der Waals surface area contributed by atoms with Crippen LogP contribution in [0, 0.1) is 17.8 Å². The van der Waals surface area contributed by atoms with E-state index in [1.54, 1.807) is 0 Å². The number of esters is 3. The summed E-state index contributed by atoms with van der Waals surface area (Å²) in [5, 5.41) is 0. The number of carbonyl (C=O) groups excluding carboxylic acids is 3. The number of rotatable bonds is 54. The van der Waals surface area contributed by atoms with E-state index in [1.807, 2.05) is 0 Å². The SMILES string of the molecule is CC(C)CCCCCCCCCCCCCCCCCCCCC(=O)OC[C@@H](COC(=O)CCCCCCCCCCCCC(C)C)OC(=O)CCCCCCCCCCCCCCC(C)C. The van der Waals surface area contributed by atoms with Crippen molar-refractivity contribution < 1.29 is 28.6 Å². The van der Waals surface area contributed by atoms with Crippen LogP contribution in [0.5, 0.6) is 0 Å². The maximum absolute atomic E-state index is 12.9. The molecule has 0 radical (unpaired) electrons. The molecule has 398 valence electrons. The lowest BCUT2D eigenvalue weighted by Gasteiger charge is -2.18. The highest BCUT2D eigenvalue weighted by Gasteiger charge is 2.19. The van der Waals surface area contributed by atoms with Crippen molar-refractivity contribution >= 4 is 17.9 Å². The molecular weight excluding hydrogens is 829 g/mol. The summed E-state index contributed by atoms with van der Waals surface area (Å²) in [5.41, 5.74) is 0. The van der Waals surface area contributed by atoms with E-state index in [2.05, 4.69) is 41.5 Å². The van der Waals surface area contributed by atoms with Gasteiger partial charge in [0.2, 0.25) is 0 Å². The second-order valence-corrected chi connectivity index (χ2v) is 22.4. The van der Waals surface area contributed by atoms with Crippen LogP contribution in [0.1, 0.15) is 337 Å². The summed E-state index contributed by atoms with van der Waals surface area (Å²) < 4.78 is 16.9. The molecule has 0 bridgehead atoms. The highest BCUT2D eigenvalue weighted by Crippen LogP contribution is 2.19. The van der Waals surface area contributed by atoms with E-state index in [-0.39, 0.29) is 31.1 Å². The number of unbranched alkanes of at least 4 members (excludes halogenated alkanes) is 37. The molecule has 0 rings (SSSR count). The standard InChI is InChI=1S/C61H118O6/c1-55(2)47-41-35-29-23-17-13-11-9-7-8-10-12-14-19-26-32-38-44-50-59(62)65-53-58(54-66-60(63)51-45-39-33-27-22-21-25-31-37-43-49-57(5)6)67-61(64)52-46-40-34-28-20-16-15-18-24-30-36-42-48-56(3)4/h55-58H,7-54H2,1-6H3/t58-/m0/s1. The van der Waals surface area contributed by atoms with Crippen molar-refractivity contribution in [3.05, 3.63) is 0 Å². The van der Waals surface area contributed by atoms with Gasteiger partial charge in [0.25, 0.3) is 0 Å². The van der Waals surface area contributed by atoms with Gasteiger partial charge < -0.3 is 14.2 Å². The first kappa shape index (κ1) is 65.4. The van der Waals surface area contributed by atoms with Crippen LogP contribution in [0.2, 0.25) is 0 Å². The quantitative estimate of drug-likeness (QED) is 0.0343. The van der Waals surface area contributed by atoms with Crippen molar-refractivity contribution in [1.29, 1.82) is 0 Å². The Labute approximate surface area is 418 Å². The molecule has 0 aromatic rings. The van der Waals surface area contributed by atoms with E-state index in [0.717, 1.165) is 75.5 Å². The average molecular weight is 948 g/mol. The summed E-state index contributed by atoms with van der Waals surface area (Å²) in [4.78, 5) is 38.2. The second kappa shape index (κ2) is 52.2. The third kappa shape index (κ3) is 55.2. The topological polar surface area (TPSA) is 78.9 Å². The minimum atomic E-state index is -0.764. The number of hydrogen-bond acceptors (Lipinski definition) is 6. The molecular formula is C61H118O6. The minimum absolute atomic E-state index is 0.0633. The van der Waals surface area contributed by atoms with Crippen LogP contribution >= 0.6 is 0 Å². The zero-order valence-electron chi connectivity index (χ0n) is 46.2.